The van der Waals surface area contributed by atoms with Crippen molar-refractivity contribution in [2.75, 3.05) is 0 Å². The van der Waals surface area contributed by atoms with Gasteiger partial charge >= 0.3 is 0 Å². The topological polar surface area (TPSA) is 86.2 Å². The summed E-state index contributed by atoms with van der Waals surface area (Å²) in [6.45, 7) is 21.6. The van der Waals surface area contributed by atoms with Crippen LogP contribution in [0, 0.1) is 0 Å². The predicted octanol–water partition coefficient (Wildman–Crippen LogP) is 1.29. The van der Waals surface area contributed by atoms with Crippen LogP contribution in [0.1, 0.15) is 0 Å². The lowest BCUT2D eigenvalue weighted by atomic mass is 9.89. The predicted molar refractivity (Wildman–Crippen MR) is 73.2 cm³/mol. The van der Waals surface area contributed by atoms with Crippen molar-refractivity contribution in [3.63, 3.8) is 0 Å². The molecule has 94 valence electrons. The molecule has 0 heterocycles. The van der Waals surface area contributed by atoms with Gasteiger partial charge in [0.05, 0.1) is 0 Å². The molecule has 0 aliphatic carbocycles. The lowest BCUT2D eigenvalue weighted by molar-refractivity contribution is -0.115. The van der Waals surface area contributed by atoms with Crippen LogP contribution in [0.15, 0.2) is 72.9 Å². The minimum absolute atomic E-state index is 0.0126. The summed E-state index contributed by atoms with van der Waals surface area (Å²) in [6.07, 6.45) is 0. The number of rotatable bonds is 7. The molecule has 18 heavy (non-hydrogen) atoms. The summed E-state index contributed by atoms with van der Waals surface area (Å²) < 4.78 is 0. The Kier molecular flexibility index (Phi) is 4.81. The molecule has 0 saturated heterocycles. The maximum Gasteiger partial charge on any atom is 0.248 e. The first-order chi connectivity index (χ1) is 8.11. The molecule has 0 aliphatic heterocycles. The molecule has 4 nitrogen and oxygen atoms in total. The maximum absolute atomic E-state index is 11.0. The molecule has 0 bridgehead atoms. The van der Waals surface area contributed by atoms with E-state index in [0.717, 1.165) is 0 Å². The van der Waals surface area contributed by atoms with E-state index in [1.807, 2.05) is 0 Å². The van der Waals surface area contributed by atoms with E-state index < -0.39 is 11.8 Å². The highest BCUT2D eigenvalue weighted by Gasteiger charge is 2.16. The van der Waals surface area contributed by atoms with Gasteiger partial charge in [-0.25, -0.2) is 0 Å². The quantitative estimate of drug-likeness (QED) is 0.522. The van der Waals surface area contributed by atoms with Crippen molar-refractivity contribution in [2.45, 2.75) is 0 Å². The van der Waals surface area contributed by atoms with Gasteiger partial charge in [0.25, 0.3) is 0 Å². The average Bonchev–Trinajstić information content (AvgIpc) is 2.32. The van der Waals surface area contributed by atoms with Gasteiger partial charge in [0, 0.05) is 11.1 Å². The average molecular weight is 244 g/mol. The molecule has 0 spiro atoms. The van der Waals surface area contributed by atoms with Gasteiger partial charge in [-0.3, -0.25) is 9.59 Å². The first kappa shape index (κ1) is 15.4. The lowest BCUT2D eigenvalue weighted by Crippen LogP contribution is -2.17. The van der Waals surface area contributed by atoms with E-state index >= 15 is 0 Å². The van der Waals surface area contributed by atoms with Gasteiger partial charge in [0.15, 0.2) is 0 Å². The number of allylic oxidation sites excluding steroid dienone is 2. The minimum atomic E-state index is -0.715. The number of hydrogen-bond donors (Lipinski definition) is 2. The molecule has 0 radical (unpaired) electrons. The summed E-state index contributed by atoms with van der Waals surface area (Å²) in [5, 5.41) is 0. The van der Waals surface area contributed by atoms with Gasteiger partial charge in [0.1, 0.15) is 0 Å². The largest absolute Gasteiger partial charge is 0.366 e. The minimum Gasteiger partial charge on any atom is -0.366 e. The Morgan fingerprint density at radius 3 is 0.833 bits per heavy atom. The number of primary amides is 2. The molecule has 0 aliphatic rings. The number of hydrogen-bond acceptors (Lipinski definition) is 2. The third kappa shape index (κ3) is 3.18. The monoisotopic (exact) mass is 244 g/mol. The van der Waals surface area contributed by atoms with E-state index in [1.54, 1.807) is 0 Å². The van der Waals surface area contributed by atoms with E-state index in [0.29, 0.717) is 11.1 Å². The Labute approximate surface area is 106 Å². The normalized spacial score (nSPS) is 9.11. The second-order valence-electron chi connectivity index (χ2n) is 3.60. The Hall–Kier alpha value is -2.62. The maximum atomic E-state index is 11.0. The smallest absolute Gasteiger partial charge is 0.248 e. The fourth-order valence-corrected chi connectivity index (χ4v) is 1.03. The summed E-state index contributed by atoms with van der Waals surface area (Å²) >= 11 is 0. The van der Waals surface area contributed by atoms with Gasteiger partial charge in [-0.1, -0.05) is 39.5 Å². The van der Waals surface area contributed by atoms with E-state index in [-0.39, 0.29) is 22.3 Å². The van der Waals surface area contributed by atoms with Crippen LogP contribution in [0.25, 0.3) is 0 Å². The van der Waals surface area contributed by atoms with Crippen LogP contribution < -0.4 is 11.5 Å². The summed E-state index contributed by atoms with van der Waals surface area (Å²) in [6, 6.07) is 0. The molecule has 0 aromatic rings. The van der Waals surface area contributed by atoms with Crippen molar-refractivity contribution in [1.29, 1.82) is 0 Å². The van der Waals surface area contributed by atoms with Crippen LogP contribution >= 0.6 is 0 Å². The number of amides is 2. The molecule has 2 amide bonds. The highest BCUT2D eigenvalue weighted by Crippen LogP contribution is 2.27. The van der Waals surface area contributed by atoms with Crippen LogP contribution in [0.5, 0.6) is 0 Å². The van der Waals surface area contributed by atoms with Crippen LogP contribution in [-0.2, 0) is 9.59 Å². The molecule has 0 rings (SSSR count). The van der Waals surface area contributed by atoms with Gasteiger partial charge in [-0.05, 0) is 22.3 Å². The molecular weight excluding hydrogens is 228 g/mol. The summed E-state index contributed by atoms with van der Waals surface area (Å²) in [5.74, 6) is -1.43. The fourth-order valence-electron chi connectivity index (χ4n) is 1.03. The molecule has 0 aromatic heterocycles. The fraction of sp³-hybridized carbons (Fsp3) is 0. The molecule has 0 saturated carbocycles. The second-order valence-corrected chi connectivity index (χ2v) is 3.60. The summed E-state index contributed by atoms with van der Waals surface area (Å²) in [5.41, 5.74) is 11.2. The second kappa shape index (κ2) is 5.63. The van der Waals surface area contributed by atoms with Crippen LogP contribution in [0.2, 0.25) is 0 Å². The van der Waals surface area contributed by atoms with Gasteiger partial charge < -0.3 is 11.5 Å². The SMILES string of the molecule is C=C(C(=C)C(=C)C(=C)C(N)=O)C(=C)C(=C)C(N)=O. The Morgan fingerprint density at radius 2 is 0.667 bits per heavy atom. The zero-order chi connectivity index (χ0) is 14.6. The number of nitrogens with two attached hydrogens (primary N) is 2. The summed E-state index contributed by atoms with van der Waals surface area (Å²) in [4.78, 5) is 21.9. The van der Waals surface area contributed by atoms with Crippen molar-refractivity contribution >= 4 is 11.8 Å². The van der Waals surface area contributed by atoms with Crippen molar-refractivity contribution < 1.29 is 9.59 Å². The van der Waals surface area contributed by atoms with Gasteiger partial charge in [-0.2, -0.15) is 0 Å². The van der Waals surface area contributed by atoms with Crippen LogP contribution in [0.3, 0.4) is 0 Å². The summed E-state index contributed by atoms with van der Waals surface area (Å²) in [7, 11) is 0. The van der Waals surface area contributed by atoms with Crippen molar-refractivity contribution in [1.82, 2.24) is 0 Å². The third-order valence-corrected chi connectivity index (χ3v) is 2.42. The van der Waals surface area contributed by atoms with E-state index in [4.69, 9.17) is 11.5 Å². The molecule has 0 atom stereocenters. The molecule has 0 unspecified atom stereocenters. The van der Waals surface area contributed by atoms with Gasteiger partial charge in [-0.15, -0.1) is 0 Å². The Bertz CT molecular complexity index is 474. The zero-order valence-corrected chi connectivity index (χ0v) is 10.2. The molecule has 4 heteroatoms. The van der Waals surface area contributed by atoms with Crippen molar-refractivity contribution in [3.8, 4) is 0 Å². The zero-order valence-electron chi connectivity index (χ0n) is 10.2. The first-order valence-electron chi connectivity index (χ1n) is 4.86. The highest BCUT2D eigenvalue weighted by molar-refractivity contribution is 5.99. The first-order valence-corrected chi connectivity index (χ1v) is 4.86. The molecule has 0 aromatic carbocycles. The van der Waals surface area contributed by atoms with E-state index in [9.17, 15) is 9.59 Å². The van der Waals surface area contributed by atoms with Crippen molar-refractivity contribution in [3.05, 3.63) is 72.9 Å². The Balaban J connectivity index is 5.10. The standard InChI is InChI=1S/C14H16N2O2/c1-7(9(3)11(5)13(15)17)8(2)10(4)12(6)14(16)18/h1-6H2,(H2,15,17)(H2,16,18). The molecule has 0 fully saturated rings. The molecular formula is C14H16N2O2. The van der Waals surface area contributed by atoms with Crippen LogP contribution in [0.4, 0.5) is 0 Å². The number of carbonyl (C=O) groups is 2. The van der Waals surface area contributed by atoms with Crippen molar-refractivity contribution in [2.24, 2.45) is 11.5 Å². The van der Waals surface area contributed by atoms with E-state index in [2.05, 4.69) is 39.5 Å². The van der Waals surface area contributed by atoms with Gasteiger partial charge in [0.2, 0.25) is 11.8 Å². The number of carbonyl (C=O) groups excluding carboxylic acids is 2. The highest BCUT2D eigenvalue weighted by atomic mass is 16.1. The van der Waals surface area contributed by atoms with E-state index in [1.165, 1.54) is 0 Å². The Morgan fingerprint density at radius 1 is 0.500 bits per heavy atom. The van der Waals surface area contributed by atoms with Crippen LogP contribution in [-0.4, -0.2) is 11.8 Å². The lowest BCUT2D eigenvalue weighted by Gasteiger charge is -2.15. The third-order valence-electron chi connectivity index (χ3n) is 2.42. The molecule has 4 N–H and O–H groups in total.